The molecule has 3 nitrogen and oxygen atoms in total. The van der Waals surface area contributed by atoms with Gasteiger partial charge in [0.05, 0.1) is 12.1 Å². The van der Waals surface area contributed by atoms with Crippen LogP contribution in [0.4, 0.5) is 0 Å². The summed E-state index contributed by atoms with van der Waals surface area (Å²) in [6.45, 7) is -0.258. The zero-order valence-corrected chi connectivity index (χ0v) is 7.59. The maximum absolute atomic E-state index is 9.42. The first kappa shape index (κ1) is 9.12. The summed E-state index contributed by atoms with van der Waals surface area (Å²) in [5.41, 5.74) is 1.61. The minimum Gasteiger partial charge on any atom is -0.393 e. The van der Waals surface area contributed by atoms with Crippen molar-refractivity contribution in [2.75, 3.05) is 6.61 Å². The number of hydrogen-bond acceptors (Lipinski definition) is 3. The minimum absolute atomic E-state index is 0.258. The Balaban J connectivity index is 2.51. The highest BCUT2D eigenvalue weighted by atomic mass is 16.3. The summed E-state index contributed by atoms with van der Waals surface area (Å²) >= 11 is 0. The Kier molecular flexibility index (Phi) is 2.43. The number of benzene rings is 1. The second-order valence-electron chi connectivity index (χ2n) is 3.15. The number of hydrogen-bond donors (Lipinski definition) is 2. The average Bonchev–Trinajstić information content (AvgIpc) is 2.27. The molecule has 0 spiro atoms. The molecule has 2 aromatic rings. The first-order valence-electron chi connectivity index (χ1n) is 4.45. The molecule has 0 amide bonds. The lowest BCUT2D eigenvalue weighted by atomic mass is 10.1. The number of pyridine rings is 1. The van der Waals surface area contributed by atoms with Crippen molar-refractivity contribution in [3.8, 4) is 0 Å². The standard InChI is InChI=1S/C11H11NO2/c13-7-11(14)9-3-4-10-8(6-9)2-1-5-12-10/h1-6,11,13-14H,7H2. The second-order valence-corrected chi connectivity index (χ2v) is 3.15. The first-order valence-corrected chi connectivity index (χ1v) is 4.45. The van der Waals surface area contributed by atoms with E-state index in [1.54, 1.807) is 12.3 Å². The van der Waals surface area contributed by atoms with Gasteiger partial charge in [-0.3, -0.25) is 4.98 Å². The van der Waals surface area contributed by atoms with Crippen LogP contribution in [0, 0.1) is 0 Å². The molecule has 0 aliphatic rings. The molecule has 0 bridgehead atoms. The molecule has 0 saturated heterocycles. The van der Waals surface area contributed by atoms with E-state index >= 15 is 0 Å². The Morgan fingerprint density at radius 3 is 2.93 bits per heavy atom. The molecule has 2 N–H and O–H groups in total. The Morgan fingerprint density at radius 2 is 2.14 bits per heavy atom. The van der Waals surface area contributed by atoms with E-state index in [2.05, 4.69) is 4.98 Å². The summed E-state index contributed by atoms with van der Waals surface area (Å²) < 4.78 is 0. The van der Waals surface area contributed by atoms with Gasteiger partial charge < -0.3 is 10.2 Å². The van der Waals surface area contributed by atoms with Crippen LogP contribution < -0.4 is 0 Å². The van der Waals surface area contributed by atoms with Crippen molar-refractivity contribution in [1.29, 1.82) is 0 Å². The molecular formula is C11H11NO2. The smallest absolute Gasteiger partial charge is 0.102 e. The molecule has 72 valence electrons. The molecule has 0 saturated carbocycles. The molecule has 0 aliphatic heterocycles. The predicted molar refractivity (Wildman–Crippen MR) is 53.8 cm³/mol. The number of fused-ring (bicyclic) bond motifs is 1. The van der Waals surface area contributed by atoms with Gasteiger partial charge in [-0.2, -0.15) is 0 Å². The fourth-order valence-electron chi connectivity index (χ4n) is 1.41. The molecule has 1 atom stereocenters. The molecule has 3 heteroatoms. The van der Waals surface area contributed by atoms with Crippen molar-refractivity contribution < 1.29 is 10.2 Å². The van der Waals surface area contributed by atoms with Crippen LogP contribution >= 0.6 is 0 Å². The summed E-state index contributed by atoms with van der Waals surface area (Å²) in [6.07, 6.45) is 0.921. The zero-order chi connectivity index (χ0) is 9.97. The number of aromatic nitrogens is 1. The van der Waals surface area contributed by atoms with Crippen molar-refractivity contribution in [3.05, 3.63) is 42.1 Å². The van der Waals surface area contributed by atoms with Gasteiger partial charge in [0.1, 0.15) is 6.10 Å². The summed E-state index contributed by atoms with van der Waals surface area (Å²) in [4.78, 5) is 4.16. The second kappa shape index (κ2) is 3.74. The summed E-state index contributed by atoms with van der Waals surface area (Å²) in [5, 5.41) is 19.2. The van der Waals surface area contributed by atoms with E-state index in [9.17, 15) is 5.11 Å². The third-order valence-electron chi connectivity index (χ3n) is 2.18. The zero-order valence-electron chi connectivity index (χ0n) is 7.59. The number of nitrogens with zero attached hydrogens (tertiary/aromatic N) is 1. The highest BCUT2D eigenvalue weighted by Crippen LogP contribution is 2.18. The Morgan fingerprint density at radius 1 is 1.29 bits per heavy atom. The highest BCUT2D eigenvalue weighted by molar-refractivity contribution is 5.78. The van der Waals surface area contributed by atoms with E-state index < -0.39 is 6.10 Å². The summed E-state index contributed by atoms with van der Waals surface area (Å²) in [6, 6.07) is 9.22. The van der Waals surface area contributed by atoms with E-state index in [-0.39, 0.29) is 6.61 Å². The normalized spacial score (nSPS) is 13.0. The Bertz CT molecular complexity index is 442. The minimum atomic E-state index is -0.806. The molecule has 1 aromatic heterocycles. The van der Waals surface area contributed by atoms with Crippen LogP contribution in [0.25, 0.3) is 10.9 Å². The van der Waals surface area contributed by atoms with Crippen LogP contribution in [0.1, 0.15) is 11.7 Å². The molecule has 1 aromatic carbocycles. The summed E-state index contributed by atoms with van der Waals surface area (Å²) in [7, 11) is 0. The lowest BCUT2D eigenvalue weighted by Crippen LogP contribution is -2.01. The van der Waals surface area contributed by atoms with Gasteiger partial charge in [-0.05, 0) is 23.8 Å². The van der Waals surface area contributed by atoms with Gasteiger partial charge in [0.15, 0.2) is 0 Å². The number of aliphatic hydroxyl groups is 2. The molecule has 0 aliphatic carbocycles. The van der Waals surface area contributed by atoms with Crippen LogP contribution in [0.3, 0.4) is 0 Å². The molecule has 0 radical (unpaired) electrons. The third-order valence-corrected chi connectivity index (χ3v) is 2.18. The van der Waals surface area contributed by atoms with Crippen molar-refractivity contribution in [2.45, 2.75) is 6.10 Å². The number of rotatable bonds is 2. The SMILES string of the molecule is OCC(O)c1ccc2ncccc2c1. The van der Waals surface area contributed by atoms with Crippen molar-refractivity contribution in [2.24, 2.45) is 0 Å². The van der Waals surface area contributed by atoms with E-state index in [0.717, 1.165) is 10.9 Å². The van der Waals surface area contributed by atoms with Crippen molar-refractivity contribution in [3.63, 3.8) is 0 Å². The molecule has 14 heavy (non-hydrogen) atoms. The summed E-state index contributed by atoms with van der Waals surface area (Å²) in [5.74, 6) is 0. The van der Waals surface area contributed by atoms with Gasteiger partial charge in [-0.1, -0.05) is 12.1 Å². The van der Waals surface area contributed by atoms with Gasteiger partial charge in [-0.15, -0.1) is 0 Å². The van der Waals surface area contributed by atoms with Gasteiger partial charge >= 0.3 is 0 Å². The van der Waals surface area contributed by atoms with Crippen molar-refractivity contribution >= 4 is 10.9 Å². The fraction of sp³-hybridized carbons (Fsp3) is 0.182. The van der Waals surface area contributed by atoms with E-state index in [0.29, 0.717) is 5.56 Å². The average molecular weight is 189 g/mol. The fourth-order valence-corrected chi connectivity index (χ4v) is 1.41. The molecule has 2 rings (SSSR count). The third kappa shape index (κ3) is 1.60. The van der Waals surface area contributed by atoms with E-state index in [1.165, 1.54) is 0 Å². The first-order chi connectivity index (χ1) is 6.81. The highest BCUT2D eigenvalue weighted by Gasteiger charge is 2.05. The molecule has 0 fully saturated rings. The monoisotopic (exact) mass is 189 g/mol. The molecule has 1 heterocycles. The lowest BCUT2D eigenvalue weighted by molar-refractivity contribution is 0.0957. The van der Waals surface area contributed by atoms with E-state index in [4.69, 9.17) is 5.11 Å². The topological polar surface area (TPSA) is 53.4 Å². The Labute approximate surface area is 81.7 Å². The van der Waals surface area contributed by atoms with Gasteiger partial charge in [0, 0.05) is 11.6 Å². The van der Waals surface area contributed by atoms with E-state index in [1.807, 2.05) is 24.3 Å². The lowest BCUT2D eigenvalue weighted by Gasteiger charge is -2.07. The largest absolute Gasteiger partial charge is 0.393 e. The van der Waals surface area contributed by atoms with Crippen LogP contribution in [0.2, 0.25) is 0 Å². The number of aliphatic hydroxyl groups excluding tert-OH is 2. The molecule has 1 unspecified atom stereocenters. The molecular weight excluding hydrogens is 178 g/mol. The van der Waals surface area contributed by atoms with Crippen molar-refractivity contribution in [1.82, 2.24) is 4.98 Å². The van der Waals surface area contributed by atoms with Gasteiger partial charge in [0.25, 0.3) is 0 Å². The Hall–Kier alpha value is -1.45. The van der Waals surface area contributed by atoms with Gasteiger partial charge in [-0.25, -0.2) is 0 Å². The van der Waals surface area contributed by atoms with Gasteiger partial charge in [0.2, 0.25) is 0 Å². The predicted octanol–water partition coefficient (Wildman–Crippen LogP) is 1.26. The quantitative estimate of drug-likeness (QED) is 0.747. The van der Waals surface area contributed by atoms with Crippen LogP contribution in [0.5, 0.6) is 0 Å². The van der Waals surface area contributed by atoms with Crippen LogP contribution in [-0.2, 0) is 0 Å². The van der Waals surface area contributed by atoms with Crippen LogP contribution in [-0.4, -0.2) is 21.8 Å². The van der Waals surface area contributed by atoms with Crippen LogP contribution in [0.15, 0.2) is 36.5 Å². The maximum atomic E-state index is 9.42. The maximum Gasteiger partial charge on any atom is 0.102 e.